The molecule has 0 bridgehead atoms. The number of nitrogens with zero attached hydrogens (tertiary/aromatic N) is 3. The number of carbonyl (C=O) groups excluding carboxylic acids is 1. The summed E-state index contributed by atoms with van der Waals surface area (Å²) in [5.74, 6) is 1.25. The van der Waals surface area contributed by atoms with Gasteiger partial charge >= 0.3 is 5.97 Å². The Balaban J connectivity index is 1.83. The van der Waals surface area contributed by atoms with Crippen molar-refractivity contribution in [1.29, 1.82) is 0 Å². The van der Waals surface area contributed by atoms with Crippen molar-refractivity contribution >= 4 is 17.7 Å². The fraction of sp³-hybridized carbons (Fsp3) is 0.438. The van der Waals surface area contributed by atoms with Crippen LogP contribution < -0.4 is 0 Å². The average Bonchev–Trinajstić information content (AvgIpc) is 3.29. The van der Waals surface area contributed by atoms with Gasteiger partial charge in [-0.05, 0) is 38.8 Å². The van der Waals surface area contributed by atoms with E-state index in [1.807, 2.05) is 48.9 Å². The van der Waals surface area contributed by atoms with Crippen LogP contribution in [0.2, 0.25) is 0 Å². The van der Waals surface area contributed by atoms with Gasteiger partial charge in [0.1, 0.15) is 11.1 Å². The van der Waals surface area contributed by atoms with Crippen molar-refractivity contribution in [2.45, 2.75) is 43.0 Å². The largest absolute Gasteiger partial charge is 0.465 e. The number of esters is 1. The SMILES string of the molecule is CCOC(=O)[C@@H](C)Sc1nc(C2CC2)n(-c2ccccc2)n1. The summed E-state index contributed by atoms with van der Waals surface area (Å²) in [6.45, 7) is 4.02. The number of thioether (sulfide) groups is 1. The molecule has 0 amide bonds. The number of hydrogen-bond acceptors (Lipinski definition) is 5. The number of benzene rings is 1. The molecule has 0 radical (unpaired) electrons. The van der Waals surface area contributed by atoms with Gasteiger partial charge in [0.05, 0.1) is 12.3 Å². The fourth-order valence-corrected chi connectivity index (χ4v) is 2.94. The first kappa shape index (κ1) is 15.1. The lowest BCUT2D eigenvalue weighted by Crippen LogP contribution is -2.16. The van der Waals surface area contributed by atoms with Gasteiger partial charge in [-0.3, -0.25) is 4.79 Å². The molecule has 1 saturated carbocycles. The maximum atomic E-state index is 11.7. The molecule has 0 spiro atoms. The van der Waals surface area contributed by atoms with Crippen LogP contribution >= 0.6 is 11.8 Å². The predicted molar refractivity (Wildman–Crippen MR) is 85.3 cm³/mol. The summed E-state index contributed by atoms with van der Waals surface area (Å²) in [7, 11) is 0. The molecule has 0 aliphatic heterocycles. The van der Waals surface area contributed by atoms with Crippen LogP contribution in [-0.4, -0.2) is 32.6 Å². The highest BCUT2D eigenvalue weighted by molar-refractivity contribution is 8.00. The lowest BCUT2D eigenvalue weighted by atomic mass is 10.3. The number of rotatable bonds is 6. The molecule has 1 atom stereocenters. The van der Waals surface area contributed by atoms with E-state index in [4.69, 9.17) is 4.74 Å². The molecule has 3 rings (SSSR count). The van der Waals surface area contributed by atoms with E-state index >= 15 is 0 Å². The second kappa shape index (κ2) is 6.52. The van der Waals surface area contributed by atoms with Crippen molar-refractivity contribution in [3.05, 3.63) is 36.2 Å². The Morgan fingerprint density at radius 1 is 1.41 bits per heavy atom. The highest BCUT2D eigenvalue weighted by atomic mass is 32.2. The molecule has 2 aromatic rings. The molecule has 1 heterocycles. The minimum absolute atomic E-state index is 0.225. The summed E-state index contributed by atoms with van der Waals surface area (Å²) in [6, 6.07) is 9.99. The van der Waals surface area contributed by atoms with Crippen LogP contribution in [0, 0.1) is 0 Å². The second-order valence-corrected chi connectivity index (χ2v) is 6.59. The van der Waals surface area contributed by atoms with Gasteiger partial charge in [-0.15, -0.1) is 5.10 Å². The third kappa shape index (κ3) is 3.32. The standard InChI is InChI=1S/C16H19N3O2S/c1-3-21-15(20)11(2)22-16-17-14(12-9-10-12)19(18-16)13-7-5-4-6-8-13/h4-8,11-12H,3,9-10H2,1-2H3/t11-/m1/s1. The molecule has 22 heavy (non-hydrogen) atoms. The Bertz CT molecular complexity index is 653. The zero-order valence-corrected chi connectivity index (χ0v) is 13.5. The molecule has 5 nitrogen and oxygen atoms in total. The van der Waals surface area contributed by atoms with E-state index in [2.05, 4.69) is 10.1 Å². The molecule has 1 aromatic heterocycles. The van der Waals surface area contributed by atoms with Crippen molar-refractivity contribution in [3.8, 4) is 5.69 Å². The second-order valence-electron chi connectivity index (χ2n) is 5.29. The van der Waals surface area contributed by atoms with Crippen LogP contribution in [0.4, 0.5) is 0 Å². The zero-order valence-electron chi connectivity index (χ0n) is 12.7. The van der Waals surface area contributed by atoms with E-state index in [1.54, 1.807) is 0 Å². The Morgan fingerprint density at radius 2 is 2.14 bits per heavy atom. The van der Waals surface area contributed by atoms with E-state index in [1.165, 1.54) is 11.8 Å². The summed E-state index contributed by atoms with van der Waals surface area (Å²) < 4.78 is 6.94. The molecule has 1 aromatic carbocycles. The average molecular weight is 317 g/mol. The van der Waals surface area contributed by atoms with Gasteiger partial charge in [0.15, 0.2) is 0 Å². The van der Waals surface area contributed by atoms with Crippen molar-refractivity contribution in [2.24, 2.45) is 0 Å². The van der Waals surface area contributed by atoms with E-state index in [0.29, 0.717) is 17.7 Å². The molecule has 0 N–H and O–H groups in total. The topological polar surface area (TPSA) is 57.0 Å². The smallest absolute Gasteiger partial charge is 0.319 e. The fourth-order valence-electron chi connectivity index (χ4n) is 2.19. The number of ether oxygens (including phenoxy) is 1. The van der Waals surface area contributed by atoms with Gasteiger partial charge in [-0.25, -0.2) is 9.67 Å². The molecular formula is C16H19N3O2S. The maximum absolute atomic E-state index is 11.7. The third-order valence-corrected chi connectivity index (χ3v) is 4.39. The van der Waals surface area contributed by atoms with Crippen LogP contribution in [-0.2, 0) is 9.53 Å². The first-order valence-electron chi connectivity index (χ1n) is 7.54. The highest BCUT2D eigenvalue weighted by Crippen LogP contribution is 2.40. The molecule has 6 heteroatoms. The highest BCUT2D eigenvalue weighted by Gasteiger charge is 2.31. The van der Waals surface area contributed by atoms with E-state index in [9.17, 15) is 4.79 Å². The van der Waals surface area contributed by atoms with Crippen LogP contribution in [0.5, 0.6) is 0 Å². The minimum atomic E-state index is -0.307. The Labute approximate surface area is 134 Å². The van der Waals surface area contributed by atoms with Crippen LogP contribution in [0.1, 0.15) is 38.4 Å². The van der Waals surface area contributed by atoms with Crippen molar-refractivity contribution in [2.75, 3.05) is 6.61 Å². The molecule has 116 valence electrons. The van der Waals surface area contributed by atoms with Crippen molar-refractivity contribution < 1.29 is 9.53 Å². The zero-order chi connectivity index (χ0) is 15.5. The predicted octanol–water partition coefficient (Wildman–Crippen LogP) is 3.19. The maximum Gasteiger partial charge on any atom is 0.319 e. The van der Waals surface area contributed by atoms with Crippen LogP contribution in [0.15, 0.2) is 35.5 Å². The summed E-state index contributed by atoms with van der Waals surface area (Å²) in [6.07, 6.45) is 2.31. The summed E-state index contributed by atoms with van der Waals surface area (Å²) in [5.41, 5.74) is 1.01. The lowest BCUT2D eigenvalue weighted by molar-refractivity contribution is -0.142. The summed E-state index contributed by atoms with van der Waals surface area (Å²) >= 11 is 1.35. The number of carbonyl (C=O) groups is 1. The number of aromatic nitrogens is 3. The van der Waals surface area contributed by atoms with Gasteiger partial charge in [0, 0.05) is 5.92 Å². The number of para-hydroxylation sites is 1. The Kier molecular flexibility index (Phi) is 4.47. The van der Waals surface area contributed by atoms with Gasteiger partial charge in [0.2, 0.25) is 5.16 Å². The van der Waals surface area contributed by atoms with E-state index in [-0.39, 0.29) is 11.2 Å². The minimum Gasteiger partial charge on any atom is -0.465 e. The molecular weight excluding hydrogens is 298 g/mol. The van der Waals surface area contributed by atoms with E-state index in [0.717, 1.165) is 24.4 Å². The van der Waals surface area contributed by atoms with E-state index < -0.39 is 0 Å². The summed E-state index contributed by atoms with van der Waals surface area (Å²) in [4.78, 5) is 16.4. The van der Waals surface area contributed by atoms with Gasteiger partial charge in [-0.1, -0.05) is 30.0 Å². The van der Waals surface area contributed by atoms with Gasteiger partial charge < -0.3 is 4.74 Å². The Hall–Kier alpha value is -1.82. The lowest BCUT2D eigenvalue weighted by Gasteiger charge is -2.07. The third-order valence-electron chi connectivity index (χ3n) is 3.46. The van der Waals surface area contributed by atoms with Crippen LogP contribution in [0.3, 0.4) is 0 Å². The first-order chi connectivity index (χ1) is 10.7. The molecule has 0 saturated heterocycles. The summed E-state index contributed by atoms with van der Waals surface area (Å²) in [5, 5.41) is 4.91. The molecule has 1 aliphatic carbocycles. The van der Waals surface area contributed by atoms with Gasteiger partial charge in [0.25, 0.3) is 0 Å². The first-order valence-corrected chi connectivity index (χ1v) is 8.42. The molecule has 0 unspecified atom stereocenters. The quantitative estimate of drug-likeness (QED) is 0.605. The van der Waals surface area contributed by atoms with Crippen molar-refractivity contribution in [1.82, 2.24) is 14.8 Å². The normalized spacial score (nSPS) is 15.5. The molecule has 1 aliphatic rings. The van der Waals surface area contributed by atoms with Gasteiger partial charge in [-0.2, -0.15) is 0 Å². The number of hydrogen-bond donors (Lipinski definition) is 0. The van der Waals surface area contributed by atoms with Crippen molar-refractivity contribution in [3.63, 3.8) is 0 Å². The Morgan fingerprint density at radius 3 is 2.77 bits per heavy atom. The van der Waals surface area contributed by atoms with Crippen LogP contribution in [0.25, 0.3) is 5.69 Å². The monoisotopic (exact) mass is 317 g/mol. The molecule has 1 fully saturated rings.